The van der Waals surface area contributed by atoms with Gasteiger partial charge in [-0.3, -0.25) is 0 Å². The van der Waals surface area contributed by atoms with E-state index in [4.69, 9.17) is 5.11 Å². The van der Waals surface area contributed by atoms with Crippen molar-refractivity contribution in [1.29, 1.82) is 0 Å². The maximum Gasteiger partial charge on any atom is 0.345 e. The molecule has 0 aromatic carbocycles. The number of carbonyl (C=O) groups is 1. The van der Waals surface area contributed by atoms with Gasteiger partial charge >= 0.3 is 5.97 Å². The normalized spacial score (nSPS) is 14.6. The Morgan fingerprint density at radius 1 is 1.53 bits per heavy atom. The van der Waals surface area contributed by atoms with Gasteiger partial charge in [0.05, 0.1) is 6.10 Å². The number of hydrogen-bond acceptors (Lipinski definition) is 5. The van der Waals surface area contributed by atoms with Crippen molar-refractivity contribution in [2.24, 2.45) is 0 Å². The summed E-state index contributed by atoms with van der Waals surface area (Å²) in [5.41, 5.74) is 0.698. The van der Waals surface area contributed by atoms with E-state index < -0.39 is 18.2 Å². The minimum atomic E-state index is -1.03. The Balaban J connectivity index is 2.80. The van der Waals surface area contributed by atoms with Crippen LogP contribution in [0.2, 0.25) is 0 Å². The molecule has 0 bridgehead atoms. The summed E-state index contributed by atoms with van der Waals surface area (Å²) in [4.78, 5) is 11.5. The minimum absolute atomic E-state index is 0.178. The van der Waals surface area contributed by atoms with Gasteiger partial charge in [0.25, 0.3) is 0 Å². The molecule has 0 saturated carbocycles. The zero-order valence-corrected chi connectivity index (χ0v) is 10.6. The van der Waals surface area contributed by atoms with E-state index in [0.717, 1.165) is 11.3 Å². The van der Waals surface area contributed by atoms with E-state index in [1.807, 2.05) is 0 Å². The maximum atomic E-state index is 10.8. The SMILES string of the molecule is CNCCC(O)C(O)c1sc(C(=O)O)cc1C. The van der Waals surface area contributed by atoms with Crippen molar-refractivity contribution in [3.63, 3.8) is 0 Å². The molecule has 0 aliphatic rings. The van der Waals surface area contributed by atoms with Crippen molar-refractivity contribution in [3.8, 4) is 0 Å². The average Bonchev–Trinajstić information content (AvgIpc) is 2.67. The van der Waals surface area contributed by atoms with E-state index in [9.17, 15) is 15.0 Å². The molecular formula is C11H17NO4S. The summed E-state index contributed by atoms with van der Waals surface area (Å²) in [6, 6.07) is 1.51. The summed E-state index contributed by atoms with van der Waals surface area (Å²) in [5.74, 6) is -1.01. The second-order valence-electron chi connectivity index (χ2n) is 3.87. The Kier molecular flexibility index (Phi) is 5.07. The van der Waals surface area contributed by atoms with Crippen LogP contribution in [0.4, 0.5) is 0 Å². The standard InChI is InChI=1S/C11H17NO4S/c1-6-5-8(11(15)16)17-10(6)9(14)7(13)3-4-12-2/h5,7,9,12-14H,3-4H2,1-2H3,(H,15,16). The highest BCUT2D eigenvalue weighted by Crippen LogP contribution is 2.30. The molecule has 0 amide bonds. The zero-order chi connectivity index (χ0) is 13.0. The molecule has 5 nitrogen and oxygen atoms in total. The quantitative estimate of drug-likeness (QED) is 0.605. The molecule has 1 heterocycles. The largest absolute Gasteiger partial charge is 0.477 e. The highest BCUT2D eigenvalue weighted by Gasteiger charge is 2.23. The Bertz CT molecular complexity index is 391. The molecule has 6 heteroatoms. The third-order valence-electron chi connectivity index (χ3n) is 2.49. The number of aromatic carboxylic acids is 1. The fourth-order valence-corrected chi connectivity index (χ4v) is 2.58. The topological polar surface area (TPSA) is 89.8 Å². The highest BCUT2D eigenvalue weighted by molar-refractivity contribution is 7.14. The first kappa shape index (κ1) is 14.1. The fraction of sp³-hybridized carbons (Fsp3) is 0.545. The van der Waals surface area contributed by atoms with Crippen LogP contribution in [0.1, 0.15) is 32.6 Å². The van der Waals surface area contributed by atoms with Gasteiger partial charge in [0.15, 0.2) is 0 Å². The van der Waals surface area contributed by atoms with Crippen LogP contribution in [-0.2, 0) is 0 Å². The van der Waals surface area contributed by atoms with Gasteiger partial charge in [-0.15, -0.1) is 11.3 Å². The molecule has 4 N–H and O–H groups in total. The first-order valence-corrected chi connectivity index (χ1v) is 6.13. The van der Waals surface area contributed by atoms with Crippen LogP contribution in [0.25, 0.3) is 0 Å². The molecule has 0 fully saturated rings. The summed E-state index contributed by atoms with van der Waals surface area (Å²) in [7, 11) is 1.76. The predicted molar refractivity (Wildman–Crippen MR) is 65.5 cm³/mol. The second kappa shape index (κ2) is 6.11. The van der Waals surface area contributed by atoms with Crippen molar-refractivity contribution in [2.45, 2.75) is 25.6 Å². The fourth-order valence-electron chi connectivity index (χ4n) is 1.52. The van der Waals surface area contributed by atoms with Crippen LogP contribution in [-0.4, -0.2) is 41.0 Å². The Morgan fingerprint density at radius 3 is 2.65 bits per heavy atom. The summed E-state index contributed by atoms with van der Waals surface area (Å²) in [6.45, 7) is 2.32. The Hall–Kier alpha value is -0.950. The van der Waals surface area contributed by atoms with Crippen molar-refractivity contribution in [2.75, 3.05) is 13.6 Å². The third-order valence-corrected chi connectivity index (χ3v) is 3.79. The first-order chi connectivity index (χ1) is 7.97. The molecule has 0 saturated heterocycles. The van der Waals surface area contributed by atoms with Crippen molar-refractivity contribution in [1.82, 2.24) is 5.32 Å². The number of carboxylic acids is 1. The van der Waals surface area contributed by atoms with E-state index >= 15 is 0 Å². The number of aliphatic hydroxyl groups is 2. The van der Waals surface area contributed by atoms with E-state index in [1.165, 1.54) is 6.07 Å². The van der Waals surface area contributed by atoms with Crippen LogP contribution in [0.15, 0.2) is 6.07 Å². The van der Waals surface area contributed by atoms with Gasteiger partial charge in [-0.1, -0.05) is 0 Å². The molecule has 0 aliphatic heterocycles. The number of carboxylic acid groups (broad SMARTS) is 1. The third kappa shape index (κ3) is 3.50. The lowest BCUT2D eigenvalue weighted by Gasteiger charge is -2.17. The van der Waals surface area contributed by atoms with E-state index in [1.54, 1.807) is 14.0 Å². The molecular weight excluding hydrogens is 242 g/mol. The average molecular weight is 259 g/mol. The first-order valence-electron chi connectivity index (χ1n) is 5.31. The summed E-state index contributed by atoms with van der Waals surface area (Å²) in [5, 5.41) is 31.4. The molecule has 17 heavy (non-hydrogen) atoms. The molecule has 96 valence electrons. The van der Waals surface area contributed by atoms with Gasteiger partial charge < -0.3 is 20.6 Å². The number of thiophene rings is 1. The number of aryl methyl sites for hydroxylation is 1. The van der Waals surface area contributed by atoms with Crippen molar-refractivity contribution < 1.29 is 20.1 Å². The Morgan fingerprint density at radius 2 is 2.18 bits per heavy atom. The minimum Gasteiger partial charge on any atom is -0.477 e. The number of hydrogen-bond donors (Lipinski definition) is 4. The van der Waals surface area contributed by atoms with Gasteiger partial charge in [0, 0.05) is 4.88 Å². The molecule has 1 rings (SSSR count). The molecule has 0 aliphatic carbocycles. The molecule has 0 spiro atoms. The summed E-state index contributed by atoms with van der Waals surface area (Å²) >= 11 is 1.01. The van der Waals surface area contributed by atoms with E-state index in [2.05, 4.69) is 5.32 Å². The molecule has 2 unspecified atom stereocenters. The highest BCUT2D eigenvalue weighted by atomic mass is 32.1. The Labute approximate surface area is 104 Å². The van der Waals surface area contributed by atoms with Crippen LogP contribution in [0.3, 0.4) is 0 Å². The molecule has 0 radical (unpaired) electrons. The summed E-state index contributed by atoms with van der Waals surface area (Å²) < 4.78 is 0. The van der Waals surface area contributed by atoms with Crippen molar-refractivity contribution in [3.05, 3.63) is 21.4 Å². The van der Waals surface area contributed by atoms with Gasteiger partial charge in [-0.25, -0.2) is 4.79 Å². The van der Waals surface area contributed by atoms with Crippen LogP contribution in [0.5, 0.6) is 0 Å². The zero-order valence-electron chi connectivity index (χ0n) is 9.80. The number of aliphatic hydroxyl groups excluding tert-OH is 2. The lowest BCUT2D eigenvalue weighted by molar-refractivity contribution is 0.0158. The molecule has 2 atom stereocenters. The van der Waals surface area contributed by atoms with Gasteiger partial charge in [0.2, 0.25) is 0 Å². The van der Waals surface area contributed by atoms with Crippen LogP contribution in [0, 0.1) is 6.92 Å². The molecule has 1 aromatic heterocycles. The monoisotopic (exact) mass is 259 g/mol. The molecule has 1 aromatic rings. The number of nitrogens with one attached hydrogen (secondary N) is 1. The van der Waals surface area contributed by atoms with Crippen molar-refractivity contribution >= 4 is 17.3 Å². The second-order valence-corrected chi connectivity index (χ2v) is 4.95. The lowest BCUT2D eigenvalue weighted by atomic mass is 10.1. The predicted octanol–water partition coefficient (Wildman–Crippen LogP) is 0.759. The van der Waals surface area contributed by atoms with Gasteiger partial charge in [0.1, 0.15) is 11.0 Å². The van der Waals surface area contributed by atoms with E-state index in [0.29, 0.717) is 23.4 Å². The van der Waals surface area contributed by atoms with Crippen LogP contribution >= 0.6 is 11.3 Å². The summed E-state index contributed by atoms with van der Waals surface area (Å²) in [6.07, 6.45) is -1.50. The van der Waals surface area contributed by atoms with Crippen LogP contribution < -0.4 is 5.32 Å². The smallest absolute Gasteiger partial charge is 0.345 e. The lowest BCUT2D eigenvalue weighted by Crippen LogP contribution is -2.23. The van der Waals surface area contributed by atoms with Gasteiger partial charge in [-0.05, 0) is 38.6 Å². The maximum absolute atomic E-state index is 10.8. The van der Waals surface area contributed by atoms with Gasteiger partial charge in [-0.2, -0.15) is 0 Å². The van der Waals surface area contributed by atoms with E-state index in [-0.39, 0.29) is 4.88 Å². The number of rotatable bonds is 6.